The molecule has 19 heavy (non-hydrogen) atoms. The molecule has 108 valence electrons. The number of nitrogens with two attached hydrogens (primary N) is 1. The minimum Gasteiger partial charge on any atom is -0.378 e. The van der Waals surface area contributed by atoms with Gasteiger partial charge in [-0.2, -0.15) is 0 Å². The second kappa shape index (κ2) is 4.29. The van der Waals surface area contributed by atoms with E-state index in [9.17, 15) is 10.2 Å². The maximum absolute atomic E-state index is 10.6. The fourth-order valence-corrected chi connectivity index (χ4v) is 5.25. The van der Waals surface area contributed by atoms with Crippen LogP contribution in [0.4, 0.5) is 0 Å². The normalized spacial score (nSPS) is 52.4. The number of aliphatic hydroxyl groups excluding tert-OH is 2. The summed E-state index contributed by atoms with van der Waals surface area (Å²) in [5.74, 6) is 1.78. The summed E-state index contributed by atoms with van der Waals surface area (Å²) in [5, 5.41) is 21.1. The van der Waals surface area contributed by atoms with Gasteiger partial charge in [0.2, 0.25) is 0 Å². The molecule has 0 aromatic heterocycles. The second-order valence-electron chi connectivity index (χ2n) is 6.86. The van der Waals surface area contributed by atoms with Crippen molar-refractivity contribution in [3.05, 3.63) is 12.2 Å². The van der Waals surface area contributed by atoms with Crippen LogP contribution in [-0.2, 0) is 0 Å². The average molecular weight is 266 g/mol. The molecule has 1 heterocycles. The maximum Gasteiger partial charge on any atom is 0.113 e. The first-order valence-electron chi connectivity index (χ1n) is 7.48. The number of nitrogens with zero attached hydrogens (tertiary/aromatic N) is 1. The molecular formula is C15H26N2O2. The predicted molar refractivity (Wildman–Crippen MR) is 73.8 cm³/mol. The van der Waals surface area contributed by atoms with Gasteiger partial charge in [-0.3, -0.25) is 4.90 Å². The molecule has 2 aliphatic carbocycles. The van der Waals surface area contributed by atoms with E-state index in [4.69, 9.17) is 5.73 Å². The Morgan fingerprint density at radius 2 is 1.95 bits per heavy atom. The Labute approximate surface area is 115 Å². The van der Waals surface area contributed by atoms with E-state index in [0.29, 0.717) is 30.8 Å². The van der Waals surface area contributed by atoms with Gasteiger partial charge in [0.25, 0.3) is 0 Å². The number of hydrogen-bond acceptors (Lipinski definition) is 4. The van der Waals surface area contributed by atoms with Crippen molar-refractivity contribution in [1.82, 2.24) is 4.90 Å². The predicted octanol–water partition coefficient (Wildman–Crippen LogP) is 0.608. The molecule has 0 bridgehead atoms. The van der Waals surface area contributed by atoms with Gasteiger partial charge in [-0.25, -0.2) is 0 Å². The molecule has 1 aliphatic heterocycles. The Morgan fingerprint density at radius 3 is 2.53 bits per heavy atom. The van der Waals surface area contributed by atoms with Gasteiger partial charge in [-0.1, -0.05) is 32.9 Å². The quantitative estimate of drug-likeness (QED) is 0.655. The summed E-state index contributed by atoms with van der Waals surface area (Å²) < 4.78 is 0. The molecule has 1 saturated heterocycles. The van der Waals surface area contributed by atoms with E-state index in [1.165, 1.54) is 0 Å². The summed E-state index contributed by atoms with van der Waals surface area (Å²) in [4.78, 5) is 1.79. The Kier molecular flexibility index (Phi) is 3.06. The van der Waals surface area contributed by atoms with Gasteiger partial charge in [0.05, 0.1) is 0 Å². The van der Waals surface area contributed by atoms with Crippen molar-refractivity contribution >= 4 is 0 Å². The Bertz CT molecular complexity index is 398. The van der Waals surface area contributed by atoms with Crippen molar-refractivity contribution in [2.75, 3.05) is 13.1 Å². The van der Waals surface area contributed by atoms with Crippen molar-refractivity contribution in [2.45, 2.75) is 33.2 Å². The first kappa shape index (κ1) is 13.6. The van der Waals surface area contributed by atoms with Gasteiger partial charge in [0.1, 0.15) is 12.5 Å². The summed E-state index contributed by atoms with van der Waals surface area (Å²) in [6.45, 7) is 7.73. The average Bonchev–Trinajstić information content (AvgIpc) is 2.69. The van der Waals surface area contributed by atoms with Crippen LogP contribution in [0.3, 0.4) is 0 Å². The largest absolute Gasteiger partial charge is 0.378 e. The number of allylic oxidation sites excluding steroid dienone is 2. The highest BCUT2D eigenvalue weighted by Gasteiger charge is 2.72. The molecule has 3 rings (SSSR count). The van der Waals surface area contributed by atoms with Crippen LogP contribution in [0.1, 0.15) is 20.8 Å². The lowest BCUT2D eigenvalue weighted by Crippen LogP contribution is -2.60. The molecule has 0 aromatic rings. The fraction of sp³-hybridized carbons (Fsp3) is 0.867. The maximum atomic E-state index is 10.6. The van der Waals surface area contributed by atoms with E-state index in [2.05, 4.69) is 32.9 Å². The summed E-state index contributed by atoms with van der Waals surface area (Å²) in [5.41, 5.74) is 5.67. The molecule has 4 heteroatoms. The molecule has 0 radical (unpaired) electrons. The Balaban J connectivity index is 1.95. The number of fused-ring (bicyclic) bond motifs is 4. The topological polar surface area (TPSA) is 69.7 Å². The van der Waals surface area contributed by atoms with Gasteiger partial charge >= 0.3 is 0 Å². The standard InChI is InChI=1S/C15H26N2O2/c1-8(2)15-5-4-9(3)11(15)10-12(15)14(19)17(7-6-16)13(10)18/h4-5,8-14,18-19H,6-7,16H2,1-3H3. The number of hydrogen-bond donors (Lipinski definition) is 3. The highest BCUT2D eigenvalue weighted by molar-refractivity contribution is 5.29. The molecule has 0 amide bonds. The van der Waals surface area contributed by atoms with Gasteiger partial charge in [-0.15, -0.1) is 0 Å². The SMILES string of the molecule is CC1C=CC2(C(C)C)C1C1C(O)N(CCN)C(O)C12. The van der Waals surface area contributed by atoms with E-state index in [0.717, 1.165) is 0 Å². The van der Waals surface area contributed by atoms with Gasteiger partial charge in [0, 0.05) is 30.3 Å². The summed E-state index contributed by atoms with van der Waals surface area (Å²) in [7, 11) is 0. The molecule has 4 N–H and O–H groups in total. The number of rotatable bonds is 3. The zero-order chi connectivity index (χ0) is 13.9. The molecular weight excluding hydrogens is 240 g/mol. The zero-order valence-electron chi connectivity index (χ0n) is 12.0. The summed E-state index contributed by atoms with van der Waals surface area (Å²) in [6, 6.07) is 0. The van der Waals surface area contributed by atoms with Crippen LogP contribution in [0, 0.1) is 35.0 Å². The lowest BCUT2D eigenvalue weighted by atomic mass is 9.43. The van der Waals surface area contributed by atoms with Crippen LogP contribution in [0.2, 0.25) is 0 Å². The van der Waals surface area contributed by atoms with Gasteiger partial charge in [0.15, 0.2) is 0 Å². The molecule has 1 saturated carbocycles. The molecule has 0 aromatic carbocycles. The second-order valence-corrected chi connectivity index (χ2v) is 6.86. The first-order valence-corrected chi connectivity index (χ1v) is 7.48. The van der Waals surface area contributed by atoms with Gasteiger partial charge in [-0.05, 0) is 17.8 Å². The first-order chi connectivity index (χ1) is 8.96. The zero-order valence-corrected chi connectivity index (χ0v) is 12.0. The van der Waals surface area contributed by atoms with Crippen molar-refractivity contribution in [1.29, 1.82) is 0 Å². The van der Waals surface area contributed by atoms with Crippen LogP contribution in [-0.4, -0.2) is 40.7 Å². The number of likely N-dealkylation sites (tertiary alicyclic amines) is 1. The summed E-state index contributed by atoms with van der Waals surface area (Å²) >= 11 is 0. The third kappa shape index (κ3) is 1.43. The molecule has 3 aliphatic rings. The van der Waals surface area contributed by atoms with Crippen molar-refractivity contribution in [3.63, 3.8) is 0 Å². The fourth-order valence-electron chi connectivity index (χ4n) is 5.25. The van der Waals surface area contributed by atoms with E-state index < -0.39 is 12.5 Å². The van der Waals surface area contributed by atoms with E-state index in [-0.39, 0.29) is 17.3 Å². The van der Waals surface area contributed by atoms with E-state index in [1.807, 2.05) is 0 Å². The Hall–Kier alpha value is -0.420. The molecule has 2 fully saturated rings. The monoisotopic (exact) mass is 266 g/mol. The van der Waals surface area contributed by atoms with Crippen LogP contribution >= 0.6 is 0 Å². The molecule has 7 unspecified atom stereocenters. The van der Waals surface area contributed by atoms with Crippen molar-refractivity contribution in [2.24, 2.45) is 40.7 Å². The lowest BCUT2D eigenvalue weighted by molar-refractivity contribution is -0.160. The third-order valence-electron chi connectivity index (χ3n) is 5.97. The van der Waals surface area contributed by atoms with Crippen LogP contribution < -0.4 is 5.73 Å². The van der Waals surface area contributed by atoms with Crippen molar-refractivity contribution in [3.8, 4) is 0 Å². The van der Waals surface area contributed by atoms with E-state index in [1.54, 1.807) is 4.90 Å². The van der Waals surface area contributed by atoms with E-state index >= 15 is 0 Å². The van der Waals surface area contributed by atoms with Crippen LogP contribution in [0.15, 0.2) is 12.2 Å². The van der Waals surface area contributed by atoms with Crippen LogP contribution in [0.5, 0.6) is 0 Å². The highest BCUT2D eigenvalue weighted by atomic mass is 16.3. The van der Waals surface area contributed by atoms with Crippen LogP contribution in [0.25, 0.3) is 0 Å². The minimum absolute atomic E-state index is 0.0633. The highest BCUT2D eigenvalue weighted by Crippen LogP contribution is 2.71. The molecule has 0 spiro atoms. The smallest absolute Gasteiger partial charge is 0.113 e. The van der Waals surface area contributed by atoms with Crippen molar-refractivity contribution < 1.29 is 10.2 Å². The summed E-state index contributed by atoms with van der Waals surface area (Å²) in [6.07, 6.45) is 3.49. The Morgan fingerprint density at radius 1 is 1.26 bits per heavy atom. The number of aliphatic hydroxyl groups is 2. The minimum atomic E-state index is -0.558. The van der Waals surface area contributed by atoms with Gasteiger partial charge < -0.3 is 15.9 Å². The molecule has 7 atom stereocenters. The third-order valence-corrected chi connectivity index (χ3v) is 5.97. The molecule has 4 nitrogen and oxygen atoms in total. The lowest BCUT2D eigenvalue weighted by Gasteiger charge is -2.60.